The Kier molecular flexibility index (Phi) is 5.78. The van der Waals surface area contributed by atoms with Crippen LogP contribution in [0.2, 0.25) is 0 Å². The Bertz CT molecular complexity index is 744. The van der Waals surface area contributed by atoms with E-state index in [9.17, 15) is 9.59 Å². The number of carbonyl (C=O) groups excluding carboxylic acids is 2. The minimum Gasteiger partial charge on any atom is -0.497 e. The molecule has 0 bridgehead atoms. The molecule has 0 saturated carbocycles. The number of nitrogens with one attached hydrogen (secondary N) is 2. The second-order valence-electron chi connectivity index (χ2n) is 5.16. The summed E-state index contributed by atoms with van der Waals surface area (Å²) in [6.45, 7) is 1.43. The lowest BCUT2D eigenvalue weighted by atomic mass is 10.1. The van der Waals surface area contributed by atoms with Crippen LogP contribution in [0.5, 0.6) is 11.5 Å². The van der Waals surface area contributed by atoms with Crippen molar-refractivity contribution in [1.82, 2.24) is 0 Å². The number of hydrogen-bond acceptors (Lipinski definition) is 4. The summed E-state index contributed by atoms with van der Waals surface area (Å²) in [5.41, 5.74) is 1.96. The standard InChI is InChI=1S/C18H20N2O4/c1-12(21)19-14-5-4-6-15(11-14)20-18(22)10-13-9-16(23-2)7-8-17(13)24-3/h4-9,11H,10H2,1-3H3,(H,19,21)(H,20,22). The molecule has 126 valence electrons. The highest BCUT2D eigenvalue weighted by molar-refractivity contribution is 5.94. The van der Waals surface area contributed by atoms with Gasteiger partial charge in [0.25, 0.3) is 0 Å². The van der Waals surface area contributed by atoms with Crippen LogP contribution in [0.15, 0.2) is 42.5 Å². The molecule has 0 aliphatic rings. The molecule has 2 amide bonds. The number of hydrogen-bond donors (Lipinski definition) is 2. The first kappa shape index (κ1) is 17.3. The lowest BCUT2D eigenvalue weighted by Crippen LogP contribution is -2.15. The molecular weight excluding hydrogens is 308 g/mol. The number of rotatable bonds is 6. The van der Waals surface area contributed by atoms with Gasteiger partial charge in [0, 0.05) is 23.9 Å². The van der Waals surface area contributed by atoms with Gasteiger partial charge in [-0.3, -0.25) is 9.59 Å². The summed E-state index contributed by atoms with van der Waals surface area (Å²) < 4.78 is 10.5. The first-order valence-corrected chi connectivity index (χ1v) is 7.40. The first-order chi connectivity index (χ1) is 11.5. The molecule has 6 heteroatoms. The van der Waals surface area contributed by atoms with Crippen molar-refractivity contribution < 1.29 is 19.1 Å². The van der Waals surface area contributed by atoms with E-state index in [0.29, 0.717) is 22.9 Å². The summed E-state index contributed by atoms with van der Waals surface area (Å²) in [5.74, 6) is 0.922. The maximum Gasteiger partial charge on any atom is 0.228 e. The Morgan fingerprint density at radius 2 is 1.67 bits per heavy atom. The molecule has 0 heterocycles. The highest BCUT2D eigenvalue weighted by atomic mass is 16.5. The predicted octanol–water partition coefficient (Wildman–Crippen LogP) is 2.84. The quantitative estimate of drug-likeness (QED) is 0.855. The van der Waals surface area contributed by atoms with Crippen LogP contribution in [0.3, 0.4) is 0 Å². The predicted molar refractivity (Wildman–Crippen MR) is 92.6 cm³/mol. The number of methoxy groups -OCH3 is 2. The van der Waals surface area contributed by atoms with Gasteiger partial charge < -0.3 is 20.1 Å². The molecule has 0 atom stereocenters. The summed E-state index contributed by atoms with van der Waals surface area (Å²) in [5, 5.41) is 5.48. The monoisotopic (exact) mass is 328 g/mol. The zero-order valence-corrected chi connectivity index (χ0v) is 13.9. The zero-order chi connectivity index (χ0) is 17.5. The minimum atomic E-state index is -0.193. The van der Waals surface area contributed by atoms with Gasteiger partial charge in [0.2, 0.25) is 11.8 Å². The van der Waals surface area contributed by atoms with E-state index in [-0.39, 0.29) is 18.2 Å². The van der Waals surface area contributed by atoms with E-state index in [1.54, 1.807) is 56.7 Å². The fourth-order valence-corrected chi connectivity index (χ4v) is 2.28. The van der Waals surface area contributed by atoms with Gasteiger partial charge in [-0.25, -0.2) is 0 Å². The van der Waals surface area contributed by atoms with E-state index in [2.05, 4.69) is 10.6 Å². The number of amides is 2. The molecule has 2 N–H and O–H groups in total. The molecule has 24 heavy (non-hydrogen) atoms. The maximum atomic E-state index is 12.3. The summed E-state index contributed by atoms with van der Waals surface area (Å²) >= 11 is 0. The van der Waals surface area contributed by atoms with Gasteiger partial charge in [-0.15, -0.1) is 0 Å². The van der Waals surface area contributed by atoms with Crippen molar-refractivity contribution in [2.75, 3.05) is 24.9 Å². The van der Waals surface area contributed by atoms with E-state index in [1.165, 1.54) is 6.92 Å². The molecule has 0 aromatic heterocycles. The topological polar surface area (TPSA) is 76.7 Å². The first-order valence-electron chi connectivity index (χ1n) is 7.40. The third-order valence-corrected chi connectivity index (χ3v) is 3.31. The normalized spacial score (nSPS) is 9.96. The van der Waals surface area contributed by atoms with E-state index in [0.717, 1.165) is 5.56 Å². The largest absolute Gasteiger partial charge is 0.497 e. The molecule has 2 aromatic carbocycles. The van der Waals surface area contributed by atoms with Crippen LogP contribution in [-0.2, 0) is 16.0 Å². The molecule has 0 fully saturated rings. The number of ether oxygens (including phenoxy) is 2. The Balaban J connectivity index is 2.09. The third-order valence-electron chi connectivity index (χ3n) is 3.31. The molecule has 0 saturated heterocycles. The smallest absolute Gasteiger partial charge is 0.228 e. The zero-order valence-electron chi connectivity index (χ0n) is 13.9. The van der Waals surface area contributed by atoms with E-state index < -0.39 is 0 Å². The van der Waals surface area contributed by atoms with Gasteiger partial charge in [0.1, 0.15) is 11.5 Å². The molecule has 6 nitrogen and oxygen atoms in total. The van der Waals surface area contributed by atoms with E-state index in [1.807, 2.05) is 0 Å². The Hall–Kier alpha value is -3.02. The fraction of sp³-hybridized carbons (Fsp3) is 0.222. The SMILES string of the molecule is COc1ccc(OC)c(CC(=O)Nc2cccc(NC(C)=O)c2)c1. The van der Waals surface area contributed by atoms with Crippen molar-refractivity contribution in [1.29, 1.82) is 0 Å². The van der Waals surface area contributed by atoms with Crippen LogP contribution in [0.25, 0.3) is 0 Å². The van der Waals surface area contributed by atoms with Gasteiger partial charge in [-0.2, -0.15) is 0 Å². The molecule has 0 spiro atoms. The Morgan fingerprint density at radius 1 is 0.958 bits per heavy atom. The molecule has 2 rings (SSSR count). The van der Waals surface area contributed by atoms with Crippen LogP contribution in [0.4, 0.5) is 11.4 Å². The van der Waals surface area contributed by atoms with Crippen LogP contribution < -0.4 is 20.1 Å². The van der Waals surface area contributed by atoms with E-state index in [4.69, 9.17) is 9.47 Å². The van der Waals surface area contributed by atoms with Gasteiger partial charge in [0.15, 0.2) is 0 Å². The summed E-state index contributed by atoms with van der Waals surface area (Å²) in [7, 11) is 3.12. The second-order valence-corrected chi connectivity index (χ2v) is 5.16. The fourth-order valence-electron chi connectivity index (χ4n) is 2.28. The highest BCUT2D eigenvalue weighted by Gasteiger charge is 2.11. The molecule has 0 radical (unpaired) electrons. The average molecular weight is 328 g/mol. The van der Waals surface area contributed by atoms with Crippen LogP contribution in [0, 0.1) is 0 Å². The lowest BCUT2D eigenvalue weighted by molar-refractivity contribution is -0.116. The highest BCUT2D eigenvalue weighted by Crippen LogP contribution is 2.25. The summed E-state index contributed by atoms with van der Waals surface area (Å²) in [6, 6.07) is 12.3. The second kappa shape index (κ2) is 8.01. The summed E-state index contributed by atoms with van der Waals surface area (Å²) in [4.78, 5) is 23.4. The molecule has 0 unspecified atom stereocenters. The Morgan fingerprint density at radius 3 is 2.29 bits per heavy atom. The summed E-state index contributed by atoms with van der Waals surface area (Å²) in [6.07, 6.45) is 0.144. The minimum absolute atomic E-state index is 0.144. The van der Waals surface area contributed by atoms with Crippen molar-refractivity contribution in [3.8, 4) is 11.5 Å². The van der Waals surface area contributed by atoms with Crippen molar-refractivity contribution in [3.63, 3.8) is 0 Å². The van der Waals surface area contributed by atoms with E-state index >= 15 is 0 Å². The van der Waals surface area contributed by atoms with Crippen LogP contribution >= 0.6 is 0 Å². The van der Waals surface area contributed by atoms with Crippen LogP contribution in [0.1, 0.15) is 12.5 Å². The third kappa shape index (κ3) is 4.74. The van der Waals surface area contributed by atoms with Gasteiger partial charge in [-0.05, 0) is 36.4 Å². The number of anilines is 2. The van der Waals surface area contributed by atoms with Gasteiger partial charge in [-0.1, -0.05) is 6.07 Å². The molecule has 2 aromatic rings. The van der Waals surface area contributed by atoms with Crippen molar-refractivity contribution in [2.24, 2.45) is 0 Å². The lowest BCUT2D eigenvalue weighted by Gasteiger charge is -2.11. The molecular formula is C18H20N2O4. The van der Waals surface area contributed by atoms with Crippen molar-refractivity contribution in [3.05, 3.63) is 48.0 Å². The molecule has 0 aliphatic heterocycles. The average Bonchev–Trinajstić information content (AvgIpc) is 2.54. The number of carbonyl (C=O) groups is 2. The van der Waals surface area contributed by atoms with Crippen molar-refractivity contribution in [2.45, 2.75) is 13.3 Å². The maximum absolute atomic E-state index is 12.3. The van der Waals surface area contributed by atoms with Crippen molar-refractivity contribution >= 4 is 23.2 Å². The van der Waals surface area contributed by atoms with Gasteiger partial charge >= 0.3 is 0 Å². The van der Waals surface area contributed by atoms with Crippen LogP contribution in [-0.4, -0.2) is 26.0 Å². The molecule has 0 aliphatic carbocycles. The number of benzene rings is 2. The Labute approximate surface area is 140 Å². The van der Waals surface area contributed by atoms with Gasteiger partial charge in [0.05, 0.1) is 20.6 Å².